The van der Waals surface area contributed by atoms with Crippen LogP contribution in [0.25, 0.3) is 0 Å². The van der Waals surface area contributed by atoms with Gasteiger partial charge in [0.25, 0.3) is 0 Å². The van der Waals surface area contributed by atoms with Crippen LogP contribution in [0.1, 0.15) is 50.6 Å². The second-order valence-corrected chi connectivity index (χ2v) is 5.69. The van der Waals surface area contributed by atoms with Gasteiger partial charge in [0.2, 0.25) is 0 Å². The summed E-state index contributed by atoms with van der Waals surface area (Å²) in [6.45, 7) is 2.74. The van der Waals surface area contributed by atoms with Crippen LogP contribution in [0.3, 0.4) is 0 Å². The van der Waals surface area contributed by atoms with E-state index < -0.39 is 0 Å². The molecule has 0 saturated heterocycles. The van der Waals surface area contributed by atoms with E-state index in [1.807, 2.05) is 25.1 Å². The standard InChI is InChI=1S/C15H22ClNO/c1-11(17)14-10-13(16)6-7-15(14)18-9-8-12-4-2-3-5-12/h6-7,10-12H,2-5,8-9,17H2,1H3/t11-/m0/s1. The molecule has 3 heteroatoms. The van der Waals surface area contributed by atoms with Gasteiger partial charge < -0.3 is 10.5 Å². The second-order valence-electron chi connectivity index (χ2n) is 5.26. The zero-order valence-corrected chi connectivity index (χ0v) is 11.7. The monoisotopic (exact) mass is 267 g/mol. The van der Waals surface area contributed by atoms with Gasteiger partial charge in [-0.05, 0) is 37.5 Å². The lowest BCUT2D eigenvalue weighted by Crippen LogP contribution is -2.10. The molecule has 1 saturated carbocycles. The number of hydrogen-bond donors (Lipinski definition) is 1. The number of ether oxygens (including phenoxy) is 1. The molecular formula is C15H22ClNO. The molecule has 0 heterocycles. The van der Waals surface area contributed by atoms with Crippen molar-refractivity contribution in [2.45, 2.75) is 45.1 Å². The van der Waals surface area contributed by atoms with E-state index in [1.165, 1.54) is 25.7 Å². The van der Waals surface area contributed by atoms with E-state index in [0.29, 0.717) is 5.02 Å². The summed E-state index contributed by atoms with van der Waals surface area (Å²) in [5, 5.41) is 0.713. The maximum atomic E-state index is 5.99. The van der Waals surface area contributed by atoms with E-state index in [-0.39, 0.29) is 6.04 Å². The number of rotatable bonds is 5. The molecule has 100 valence electrons. The van der Waals surface area contributed by atoms with Gasteiger partial charge in [0.1, 0.15) is 5.75 Å². The van der Waals surface area contributed by atoms with Crippen LogP contribution in [0.4, 0.5) is 0 Å². The fourth-order valence-electron chi connectivity index (χ4n) is 2.64. The molecule has 2 nitrogen and oxygen atoms in total. The van der Waals surface area contributed by atoms with Crippen molar-refractivity contribution < 1.29 is 4.74 Å². The van der Waals surface area contributed by atoms with Crippen LogP contribution in [-0.4, -0.2) is 6.61 Å². The lowest BCUT2D eigenvalue weighted by atomic mass is 10.1. The summed E-state index contributed by atoms with van der Waals surface area (Å²) in [5.41, 5.74) is 6.93. The molecule has 0 aliphatic heterocycles. The van der Waals surface area contributed by atoms with Crippen molar-refractivity contribution in [2.75, 3.05) is 6.61 Å². The van der Waals surface area contributed by atoms with E-state index in [4.69, 9.17) is 22.1 Å². The second kappa shape index (κ2) is 6.44. The van der Waals surface area contributed by atoms with E-state index in [0.717, 1.165) is 30.3 Å². The number of hydrogen-bond acceptors (Lipinski definition) is 2. The van der Waals surface area contributed by atoms with Crippen LogP contribution >= 0.6 is 11.6 Å². The molecular weight excluding hydrogens is 246 g/mol. The van der Waals surface area contributed by atoms with Gasteiger partial charge in [0.15, 0.2) is 0 Å². The predicted molar refractivity (Wildman–Crippen MR) is 76.1 cm³/mol. The van der Waals surface area contributed by atoms with Crippen molar-refractivity contribution >= 4 is 11.6 Å². The summed E-state index contributed by atoms with van der Waals surface area (Å²) in [4.78, 5) is 0. The van der Waals surface area contributed by atoms with E-state index >= 15 is 0 Å². The van der Waals surface area contributed by atoms with E-state index in [1.54, 1.807) is 0 Å². The summed E-state index contributed by atoms with van der Waals surface area (Å²) in [7, 11) is 0. The van der Waals surface area contributed by atoms with Crippen LogP contribution < -0.4 is 10.5 Å². The minimum Gasteiger partial charge on any atom is -0.493 e. The maximum Gasteiger partial charge on any atom is 0.124 e. The largest absolute Gasteiger partial charge is 0.493 e. The summed E-state index contributed by atoms with van der Waals surface area (Å²) in [6, 6.07) is 5.63. The van der Waals surface area contributed by atoms with Gasteiger partial charge in [-0.1, -0.05) is 37.3 Å². The lowest BCUT2D eigenvalue weighted by Gasteiger charge is -2.15. The Kier molecular flexibility index (Phi) is 4.90. The first-order chi connectivity index (χ1) is 8.66. The van der Waals surface area contributed by atoms with Crippen molar-refractivity contribution in [3.8, 4) is 5.75 Å². The van der Waals surface area contributed by atoms with Crippen molar-refractivity contribution in [3.63, 3.8) is 0 Å². The molecule has 0 unspecified atom stereocenters. The topological polar surface area (TPSA) is 35.2 Å². The third kappa shape index (κ3) is 3.63. The molecule has 1 aliphatic rings. The summed E-state index contributed by atoms with van der Waals surface area (Å²) >= 11 is 5.99. The first-order valence-corrected chi connectivity index (χ1v) is 7.22. The van der Waals surface area contributed by atoms with Gasteiger partial charge in [0, 0.05) is 16.6 Å². The zero-order chi connectivity index (χ0) is 13.0. The summed E-state index contributed by atoms with van der Waals surface area (Å²) in [6.07, 6.45) is 6.66. The Morgan fingerprint density at radius 1 is 1.39 bits per heavy atom. The minimum atomic E-state index is -0.0508. The SMILES string of the molecule is C[C@H](N)c1cc(Cl)ccc1OCCC1CCCC1. The van der Waals surface area contributed by atoms with Crippen molar-refractivity contribution in [3.05, 3.63) is 28.8 Å². The van der Waals surface area contributed by atoms with Gasteiger partial charge >= 0.3 is 0 Å². The molecule has 18 heavy (non-hydrogen) atoms. The Morgan fingerprint density at radius 3 is 2.78 bits per heavy atom. The highest BCUT2D eigenvalue weighted by Crippen LogP contribution is 2.30. The smallest absolute Gasteiger partial charge is 0.124 e. The van der Waals surface area contributed by atoms with Gasteiger partial charge in [-0.15, -0.1) is 0 Å². The molecule has 1 fully saturated rings. The minimum absolute atomic E-state index is 0.0508. The molecule has 0 bridgehead atoms. The molecule has 0 radical (unpaired) electrons. The number of halogens is 1. The van der Waals surface area contributed by atoms with Gasteiger partial charge in [-0.2, -0.15) is 0 Å². The van der Waals surface area contributed by atoms with Crippen LogP contribution in [0.15, 0.2) is 18.2 Å². The van der Waals surface area contributed by atoms with Crippen LogP contribution in [0.5, 0.6) is 5.75 Å². The third-order valence-electron chi connectivity index (χ3n) is 3.72. The summed E-state index contributed by atoms with van der Waals surface area (Å²) < 4.78 is 5.88. The average molecular weight is 268 g/mol. The van der Waals surface area contributed by atoms with Crippen molar-refractivity contribution in [2.24, 2.45) is 11.7 Å². The van der Waals surface area contributed by atoms with Crippen molar-refractivity contribution in [1.82, 2.24) is 0 Å². The Labute approximate surface area is 114 Å². The quantitative estimate of drug-likeness (QED) is 0.862. The molecule has 0 spiro atoms. The predicted octanol–water partition coefficient (Wildman–Crippen LogP) is 4.32. The first kappa shape index (κ1) is 13.7. The fraction of sp³-hybridized carbons (Fsp3) is 0.600. The molecule has 0 aromatic heterocycles. The molecule has 1 aliphatic carbocycles. The highest BCUT2D eigenvalue weighted by atomic mass is 35.5. The van der Waals surface area contributed by atoms with Gasteiger partial charge in [0.05, 0.1) is 6.61 Å². The van der Waals surface area contributed by atoms with E-state index in [2.05, 4.69) is 0 Å². The Bertz CT molecular complexity index is 386. The zero-order valence-electron chi connectivity index (χ0n) is 11.0. The lowest BCUT2D eigenvalue weighted by molar-refractivity contribution is 0.276. The van der Waals surface area contributed by atoms with Crippen LogP contribution in [-0.2, 0) is 0 Å². The number of nitrogens with two attached hydrogens (primary N) is 1. The third-order valence-corrected chi connectivity index (χ3v) is 3.96. The Balaban J connectivity index is 1.91. The Hall–Kier alpha value is -0.730. The summed E-state index contributed by atoms with van der Waals surface area (Å²) in [5.74, 6) is 1.74. The number of benzene rings is 1. The van der Waals surface area contributed by atoms with Crippen LogP contribution in [0.2, 0.25) is 5.02 Å². The molecule has 1 aromatic rings. The molecule has 2 N–H and O–H groups in total. The van der Waals surface area contributed by atoms with E-state index in [9.17, 15) is 0 Å². The highest BCUT2D eigenvalue weighted by Gasteiger charge is 2.15. The first-order valence-electron chi connectivity index (χ1n) is 6.84. The molecule has 2 rings (SSSR count). The highest BCUT2D eigenvalue weighted by molar-refractivity contribution is 6.30. The Morgan fingerprint density at radius 2 is 2.11 bits per heavy atom. The van der Waals surface area contributed by atoms with Crippen LogP contribution in [0, 0.1) is 5.92 Å². The normalized spacial score (nSPS) is 17.9. The molecule has 1 atom stereocenters. The van der Waals surface area contributed by atoms with Gasteiger partial charge in [-0.3, -0.25) is 0 Å². The fourth-order valence-corrected chi connectivity index (χ4v) is 2.82. The maximum absolute atomic E-state index is 5.99. The van der Waals surface area contributed by atoms with Crippen molar-refractivity contribution in [1.29, 1.82) is 0 Å². The van der Waals surface area contributed by atoms with Gasteiger partial charge in [-0.25, -0.2) is 0 Å². The average Bonchev–Trinajstić information content (AvgIpc) is 2.84. The molecule has 1 aromatic carbocycles. The molecule has 0 amide bonds.